The van der Waals surface area contributed by atoms with Crippen LogP contribution in [0.2, 0.25) is 0 Å². The molecule has 0 atom stereocenters. The van der Waals surface area contributed by atoms with E-state index < -0.39 is 0 Å². The van der Waals surface area contributed by atoms with Gasteiger partial charge in [-0.15, -0.1) is 0 Å². The van der Waals surface area contributed by atoms with Crippen LogP contribution in [0.25, 0.3) is 0 Å². The first-order chi connectivity index (χ1) is 7.07. The maximum Gasteiger partial charge on any atom is 0.246 e. The zero-order valence-corrected chi connectivity index (χ0v) is 8.80. The standard InChI is InChI=1S/C10H15N3O2/c1-8(2)10(15)13-7-3-6-12-9(14)4-5-11/h1,3-4,6-7H2,2H3,(H,12,14)(H,13,15). The number of rotatable bonds is 6. The molecule has 0 saturated heterocycles. The van der Waals surface area contributed by atoms with Gasteiger partial charge in [-0.3, -0.25) is 9.59 Å². The molecule has 0 rings (SSSR count). The molecule has 5 nitrogen and oxygen atoms in total. The van der Waals surface area contributed by atoms with Gasteiger partial charge in [0.25, 0.3) is 0 Å². The Morgan fingerprint density at radius 2 is 1.93 bits per heavy atom. The molecule has 5 heteroatoms. The van der Waals surface area contributed by atoms with Crippen LogP contribution in [-0.4, -0.2) is 24.9 Å². The first-order valence-electron chi connectivity index (χ1n) is 4.65. The lowest BCUT2D eigenvalue weighted by Crippen LogP contribution is -2.29. The van der Waals surface area contributed by atoms with E-state index in [9.17, 15) is 9.59 Å². The van der Waals surface area contributed by atoms with Crippen molar-refractivity contribution in [1.82, 2.24) is 10.6 Å². The second-order valence-corrected chi connectivity index (χ2v) is 3.07. The van der Waals surface area contributed by atoms with E-state index in [1.54, 1.807) is 13.0 Å². The van der Waals surface area contributed by atoms with E-state index >= 15 is 0 Å². The SMILES string of the molecule is C=C(C)C(=O)NCCCNC(=O)CC#N. The minimum atomic E-state index is -0.288. The van der Waals surface area contributed by atoms with Crippen molar-refractivity contribution in [2.24, 2.45) is 0 Å². The molecule has 0 aromatic carbocycles. The number of amides is 2. The van der Waals surface area contributed by atoms with Crippen LogP contribution in [0, 0.1) is 11.3 Å². The van der Waals surface area contributed by atoms with E-state index in [1.165, 1.54) is 0 Å². The summed E-state index contributed by atoms with van der Waals surface area (Å²) >= 11 is 0. The van der Waals surface area contributed by atoms with E-state index in [0.29, 0.717) is 25.1 Å². The molecule has 0 aliphatic heterocycles. The first-order valence-corrected chi connectivity index (χ1v) is 4.65. The van der Waals surface area contributed by atoms with Gasteiger partial charge in [0.2, 0.25) is 11.8 Å². The lowest BCUT2D eigenvalue weighted by Gasteiger charge is -2.05. The van der Waals surface area contributed by atoms with E-state index in [4.69, 9.17) is 5.26 Å². The van der Waals surface area contributed by atoms with E-state index in [0.717, 1.165) is 0 Å². The van der Waals surface area contributed by atoms with Gasteiger partial charge in [-0.2, -0.15) is 5.26 Å². The molecule has 2 amide bonds. The Balaban J connectivity index is 3.41. The summed E-state index contributed by atoms with van der Waals surface area (Å²) in [7, 11) is 0. The summed E-state index contributed by atoms with van der Waals surface area (Å²) in [5.41, 5.74) is 0.462. The highest BCUT2D eigenvalue weighted by atomic mass is 16.2. The summed E-state index contributed by atoms with van der Waals surface area (Å²) in [6.07, 6.45) is 0.508. The quantitative estimate of drug-likeness (QED) is 0.480. The van der Waals surface area contributed by atoms with Crippen molar-refractivity contribution in [3.8, 4) is 6.07 Å². The number of hydrogen-bond acceptors (Lipinski definition) is 3. The summed E-state index contributed by atoms with van der Waals surface area (Å²) in [6.45, 7) is 6.06. The van der Waals surface area contributed by atoms with Crippen LogP contribution in [0.15, 0.2) is 12.2 Å². The van der Waals surface area contributed by atoms with Gasteiger partial charge in [0.15, 0.2) is 0 Å². The predicted molar refractivity (Wildman–Crippen MR) is 55.7 cm³/mol. The Kier molecular flexibility index (Phi) is 6.64. The van der Waals surface area contributed by atoms with Crippen LogP contribution in [0.3, 0.4) is 0 Å². The second kappa shape index (κ2) is 7.56. The van der Waals surface area contributed by atoms with Crippen molar-refractivity contribution in [2.45, 2.75) is 19.8 Å². The Labute approximate surface area is 89.1 Å². The highest BCUT2D eigenvalue weighted by Crippen LogP contribution is 1.85. The largest absolute Gasteiger partial charge is 0.355 e. The maximum atomic E-state index is 11.0. The Morgan fingerprint density at radius 3 is 2.47 bits per heavy atom. The van der Waals surface area contributed by atoms with Crippen LogP contribution < -0.4 is 10.6 Å². The maximum absolute atomic E-state index is 11.0. The van der Waals surface area contributed by atoms with E-state index in [1.807, 2.05) is 0 Å². The second-order valence-electron chi connectivity index (χ2n) is 3.07. The number of carbonyl (C=O) groups excluding carboxylic acids is 2. The molecule has 15 heavy (non-hydrogen) atoms. The zero-order chi connectivity index (χ0) is 11.7. The minimum absolute atomic E-state index is 0.127. The average molecular weight is 209 g/mol. The van der Waals surface area contributed by atoms with Crippen LogP contribution in [0.1, 0.15) is 19.8 Å². The number of carbonyl (C=O) groups is 2. The monoisotopic (exact) mass is 209 g/mol. The number of nitrogens with one attached hydrogen (secondary N) is 2. The summed E-state index contributed by atoms with van der Waals surface area (Å²) in [6, 6.07) is 1.75. The van der Waals surface area contributed by atoms with Gasteiger partial charge in [-0.25, -0.2) is 0 Å². The van der Waals surface area contributed by atoms with Crippen LogP contribution in [0.5, 0.6) is 0 Å². The van der Waals surface area contributed by atoms with Crippen molar-refractivity contribution in [3.05, 3.63) is 12.2 Å². The van der Waals surface area contributed by atoms with Crippen LogP contribution in [-0.2, 0) is 9.59 Å². The molecule has 2 N–H and O–H groups in total. The van der Waals surface area contributed by atoms with Gasteiger partial charge in [0.05, 0.1) is 6.07 Å². The van der Waals surface area contributed by atoms with Crippen LogP contribution in [0.4, 0.5) is 0 Å². The van der Waals surface area contributed by atoms with E-state index in [-0.39, 0.29) is 18.2 Å². The molecular weight excluding hydrogens is 194 g/mol. The van der Waals surface area contributed by atoms with Crippen molar-refractivity contribution < 1.29 is 9.59 Å². The molecule has 0 fully saturated rings. The highest BCUT2D eigenvalue weighted by molar-refractivity contribution is 5.92. The number of hydrogen-bond donors (Lipinski definition) is 2. The van der Waals surface area contributed by atoms with Gasteiger partial charge in [0.1, 0.15) is 6.42 Å². The normalized spacial score (nSPS) is 8.80. The van der Waals surface area contributed by atoms with Gasteiger partial charge < -0.3 is 10.6 Å². The van der Waals surface area contributed by atoms with Crippen molar-refractivity contribution in [3.63, 3.8) is 0 Å². The van der Waals surface area contributed by atoms with Gasteiger partial charge in [-0.1, -0.05) is 6.58 Å². The lowest BCUT2D eigenvalue weighted by atomic mass is 10.3. The summed E-state index contributed by atoms with van der Waals surface area (Å²) in [5, 5.41) is 13.4. The average Bonchev–Trinajstić information content (AvgIpc) is 2.17. The Bertz CT molecular complexity index is 292. The molecule has 0 heterocycles. The topological polar surface area (TPSA) is 82.0 Å². The van der Waals surface area contributed by atoms with Crippen molar-refractivity contribution >= 4 is 11.8 Å². The molecule has 0 spiro atoms. The molecule has 0 aromatic rings. The van der Waals surface area contributed by atoms with Crippen LogP contribution >= 0.6 is 0 Å². The fourth-order valence-corrected chi connectivity index (χ4v) is 0.803. The van der Waals surface area contributed by atoms with Gasteiger partial charge in [-0.05, 0) is 13.3 Å². The first kappa shape index (κ1) is 13.2. The summed E-state index contributed by atoms with van der Waals surface area (Å²) < 4.78 is 0. The molecule has 0 saturated carbocycles. The van der Waals surface area contributed by atoms with Gasteiger partial charge in [0, 0.05) is 18.7 Å². The lowest BCUT2D eigenvalue weighted by molar-refractivity contribution is -0.120. The third-order valence-corrected chi connectivity index (χ3v) is 1.59. The fraction of sp³-hybridized carbons (Fsp3) is 0.500. The third-order valence-electron chi connectivity index (χ3n) is 1.59. The molecular formula is C10H15N3O2. The molecule has 0 aliphatic rings. The van der Waals surface area contributed by atoms with Gasteiger partial charge >= 0.3 is 0 Å². The summed E-state index contributed by atoms with van der Waals surface area (Å²) in [5.74, 6) is -0.470. The zero-order valence-electron chi connectivity index (χ0n) is 8.80. The molecule has 82 valence electrons. The molecule has 0 aromatic heterocycles. The number of nitrogens with zero attached hydrogens (tertiary/aromatic N) is 1. The van der Waals surface area contributed by atoms with E-state index in [2.05, 4.69) is 17.2 Å². The molecule has 0 aliphatic carbocycles. The Morgan fingerprint density at radius 1 is 1.33 bits per heavy atom. The third kappa shape index (κ3) is 7.26. The number of nitriles is 1. The molecule has 0 bridgehead atoms. The predicted octanol–water partition coefficient (Wildman–Crippen LogP) is 0.0987. The Hall–Kier alpha value is -1.83. The van der Waals surface area contributed by atoms with Crippen molar-refractivity contribution in [1.29, 1.82) is 5.26 Å². The summed E-state index contributed by atoms with van der Waals surface area (Å²) in [4.78, 5) is 21.8. The highest BCUT2D eigenvalue weighted by Gasteiger charge is 2.00. The minimum Gasteiger partial charge on any atom is -0.355 e. The van der Waals surface area contributed by atoms with Crippen molar-refractivity contribution in [2.75, 3.05) is 13.1 Å². The fourth-order valence-electron chi connectivity index (χ4n) is 0.803. The molecule has 0 radical (unpaired) electrons. The molecule has 0 unspecified atom stereocenters. The smallest absolute Gasteiger partial charge is 0.246 e.